The largest absolute Gasteiger partial charge is 0.497 e. The third-order valence-electron chi connectivity index (χ3n) is 8.00. The Morgan fingerprint density at radius 1 is 0.763 bits per heavy atom. The fourth-order valence-electron chi connectivity index (χ4n) is 6.27. The predicted octanol–water partition coefficient (Wildman–Crippen LogP) is 5.37. The summed E-state index contributed by atoms with van der Waals surface area (Å²) in [6, 6.07) is 28.2. The first kappa shape index (κ1) is 22.5. The monoisotopic (exact) mass is 501 g/mol. The van der Waals surface area contributed by atoms with E-state index in [1.54, 1.807) is 31.4 Å². The molecule has 4 aromatic rings. The molecule has 6 nitrogen and oxygen atoms in total. The van der Waals surface area contributed by atoms with Crippen molar-refractivity contribution in [2.24, 2.45) is 17.8 Å². The Morgan fingerprint density at radius 3 is 2.24 bits per heavy atom. The van der Waals surface area contributed by atoms with Gasteiger partial charge in [0.2, 0.25) is 11.8 Å². The number of hydrogen-bond donors (Lipinski definition) is 0. The number of carbonyl (C=O) groups excluding carboxylic acids is 3. The molecule has 7 rings (SSSR count). The molecule has 2 amide bonds. The van der Waals surface area contributed by atoms with Crippen LogP contribution < -0.4 is 14.4 Å². The van der Waals surface area contributed by atoms with Crippen molar-refractivity contribution in [3.05, 3.63) is 108 Å². The fraction of sp³-hybridized carbons (Fsp3) is 0.156. The maximum Gasteiger partial charge on any atom is 0.319 e. The molecule has 0 radical (unpaired) electrons. The smallest absolute Gasteiger partial charge is 0.319 e. The zero-order valence-electron chi connectivity index (χ0n) is 20.5. The summed E-state index contributed by atoms with van der Waals surface area (Å²) in [7, 11) is 1.56. The Hall–Kier alpha value is -4.71. The molecule has 0 aromatic heterocycles. The van der Waals surface area contributed by atoms with E-state index in [9.17, 15) is 14.4 Å². The summed E-state index contributed by atoms with van der Waals surface area (Å²) < 4.78 is 11.2. The maximum absolute atomic E-state index is 14.0. The molecular formula is C32H23NO5. The molecule has 6 heteroatoms. The van der Waals surface area contributed by atoms with E-state index in [1.807, 2.05) is 72.8 Å². The number of imide groups is 1. The average molecular weight is 502 g/mol. The molecule has 1 fully saturated rings. The standard InChI is InChI=1S/C32H23NO5/c1-37-21-14-12-20(13-15-21)33-30(34)26-24(18-7-3-2-4-8-18)17-25-23-16-11-19-9-5-6-10-22(19)29(23)38-32(36)27(25)28(26)31(33)35/h2-17,24,26-28H,1H3/t24-,26-,27+,28-/m0/s1. The van der Waals surface area contributed by atoms with E-state index < -0.39 is 23.7 Å². The molecule has 0 N–H and O–H groups in total. The fourth-order valence-corrected chi connectivity index (χ4v) is 6.27. The molecule has 0 saturated carbocycles. The van der Waals surface area contributed by atoms with Crippen molar-refractivity contribution in [1.29, 1.82) is 0 Å². The maximum atomic E-state index is 14.0. The summed E-state index contributed by atoms with van der Waals surface area (Å²) in [6.45, 7) is 0. The first-order valence-electron chi connectivity index (χ1n) is 12.6. The van der Waals surface area contributed by atoms with Crippen molar-refractivity contribution in [3.63, 3.8) is 0 Å². The number of hydrogen-bond acceptors (Lipinski definition) is 5. The van der Waals surface area contributed by atoms with Crippen LogP contribution in [0.5, 0.6) is 11.5 Å². The minimum atomic E-state index is -0.873. The Labute approximate surface area is 219 Å². The number of methoxy groups -OCH3 is 1. The van der Waals surface area contributed by atoms with Gasteiger partial charge in [0.15, 0.2) is 0 Å². The van der Waals surface area contributed by atoms with Gasteiger partial charge in [-0.3, -0.25) is 14.4 Å². The van der Waals surface area contributed by atoms with E-state index in [-0.39, 0.29) is 17.7 Å². The Morgan fingerprint density at radius 2 is 1.47 bits per heavy atom. The highest BCUT2D eigenvalue weighted by atomic mass is 16.5. The van der Waals surface area contributed by atoms with Gasteiger partial charge in [-0.05, 0) is 40.8 Å². The van der Waals surface area contributed by atoms with Gasteiger partial charge in [-0.15, -0.1) is 0 Å². The van der Waals surface area contributed by atoms with Crippen LogP contribution >= 0.6 is 0 Å². The second-order valence-electron chi connectivity index (χ2n) is 9.88. The van der Waals surface area contributed by atoms with Gasteiger partial charge >= 0.3 is 5.97 Å². The Kier molecular flexibility index (Phi) is 4.98. The molecule has 186 valence electrons. The number of amides is 2. The van der Waals surface area contributed by atoms with E-state index in [2.05, 4.69) is 0 Å². The van der Waals surface area contributed by atoms with Crippen molar-refractivity contribution in [2.75, 3.05) is 12.0 Å². The average Bonchev–Trinajstić information content (AvgIpc) is 3.22. The molecule has 0 spiro atoms. The summed E-state index contributed by atoms with van der Waals surface area (Å²) in [5, 5.41) is 1.80. The van der Waals surface area contributed by atoms with Crippen LogP contribution in [0.4, 0.5) is 5.69 Å². The molecule has 0 bridgehead atoms. The van der Waals surface area contributed by atoms with E-state index >= 15 is 0 Å². The highest BCUT2D eigenvalue weighted by Crippen LogP contribution is 2.55. The van der Waals surface area contributed by atoms with E-state index in [0.29, 0.717) is 17.2 Å². The van der Waals surface area contributed by atoms with Gasteiger partial charge in [-0.1, -0.05) is 72.8 Å². The number of benzene rings is 4. The summed E-state index contributed by atoms with van der Waals surface area (Å²) in [5.41, 5.74) is 2.91. The molecule has 3 aliphatic rings. The molecular weight excluding hydrogens is 478 g/mol. The van der Waals surface area contributed by atoms with Gasteiger partial charge in [-0.2, -0.15) is 0 Å². The minimum Gasteiger partial charge on any atom is -0.497 e. The third kappa shape index (κ3) is 3.16. The van der Waals surface area contributed by atoms with Crippen LogP contribution in [0.1, 0.15) is 17.0 Å². The third-order valence-corrected chi connectivity index (χ3v) is 8.00. The lowest BCUT2D eigenvalue weighted by molar-refractivity contribution is -0.142. The lowest BCUT2D eigenvalue weighted by Gasteiger charge is -2.38. The molecule has 0 unspecified atom stereocenters. The number of nitrogens with zero attached hydrogens (tertiary/aromatic N) is 1. The van der Waals surface area contributed by atoms with Gasteiger partial charge in [0, 0.05) is 16.9 Å². The van der Waals surface area contributed by atoms with Gasteiger partial charge < -0.3 is 9.47 Å². The predicted molar refractivity (Wildman–Crippen MR) is 143 cm³/mol. The Bertz CT molecular complexity index is 1660. The molecule has 1 saturated heterocycles. The van der Waals surface area contributed by atoms with Gasteiger partial charge in [-0.25, -0.2) is 4.90 Å². The van der Waals surface area contributed by atoms with Crippen molar-refractivity contribution in [2.45, 2.75) is 5.92 Å². The number of carbonyl (C=O) groups is 3. The number of fused-ring (bicyclic) bond motifs is 7. The summed E-state index contributed by atoms with van der Waals surface area (Å²) in [4.78, 5) is 42.9. The number of ether oxygens (including phenoxy) is 2. The van der Waals surface area contributed by atoms with E-state index in [0.717, 1.165) is 27.5 Å². The van der Waals surface area contributed by atoms with Crippen molar-refractivity contribution >= 4 is 39.8 Å². The second-order valence-corrected chi connectivity index (χ2v) is 9.88. The highest BCUT2D eigenvalue weighted by molar-refractivity contribution is 6.24. The lowest BCUT2D eigenvalue weighted by atomic mass is 9.64. The Balaban J connectivity index is 1.42. The van der Waals surface area contributed by atoms with Crippen LogP contribution in [0.3, 0.4) is 0 Å². The number of anilines is 1. The van der Waals surface area contributed by atoms with Gasteiger partial charge in [0.05, 0.1) is 30.6 Å². The topological polar surface area (TPSA) is 72.9 Å². The van der Waals surface area contributed by atoms with Gasteiger partial charge in [0.25, 0.3) is 0 Å². The number of allylic oxidation sites excluding steroid dienone is 1. The minimum absolute atomic E-state index is 0.313. The summed E-state index contributed by atoms with van der Waals surface area (Å²) in [5.74, 6) is -2.92. The zero-order valence-corrected chi connectivity index (χ0v) is 20.5. The van der Waals surface area contributed by atoms with Crippen LogP contribution in [0, 0.1) is 17.8 Å². The SMILES string of the molecule is COc1ccc(N2C(=O)[C@@H]3[C@@H]4C(=O)Oc5c(ccc6ccccc56)C4=C[C@@H](c4ccccc4)[C@@H]3C2=O)cc1. The molecule has 4 aromatic carbocycles. The van der Waals surface area contributed by atoms with E-state index in [1.165, 1.54) is 4.90 Å². The zero-order chi connectivity index (χ0) is 26.0. The first-order chi connectivity index (χ1) is 18.6. The second kappa shape index (κ2) is 8.42. The number of esters is 1. The molecule has 2 heterocycles. The van der Waals surface area contributed by atoms with Crippen molar-refractivity contribution in [3.8, 4) is 11.5 Å². The summed E-state index contributed by atoms with van der Waals surface area (Å²) in [6.07, 6.45) is 2.01. The highest BCUT2D eigenvalue weighted by Gasteiger charge is 2.60. The van der Waals surface area contributed by atoms with Crippen LogP contribution in [-0.4, -0.2) is 24.9 Å². The van der Waals surface area contributed by atoms with Gasteiger partial charge in [0.1, 0.15) is 11.5 Å². The van der Waals surface area contributed by atoms with Crippen LogP contribution in [0.25, 0.3) is 16.3 Å². The summed E-state index contributed by atoms with van der Waals surface area (Å²) >= 11 is 0. The normalized spacial score (nSPS) is 23.9. The first-order valence-corrected chi connectivity index (χ1v) is 12.6. The van der Waals surface area contributed by atoms with E-state index in [4.69, 9.17) is 9.47 Å². The molecule has 2 aliphatic heterocycles. The van der Waals surface area contributed by atoms with Crippen LogP contribution in [0.2, 0.25) is 0 Å². The van der Waals surface area contributed by atoms with Crippen LogP contribution in [0.15, 0.2) is 97.1 Å². The molecule has 38 heavy (non-hydrogen) atoms. The quantitative estimate of drug-likeness (QED) is 0.214. The van der Waals surface area contributed by atoms with Crippen LogP contribution in [-0.2, 0) is 14.4 Å². The number of rotatable bonds is 3. The van der Waals surface area contributed by atoms with Crippen molar-refractivity contribution < 1.29 is 23.9 Å². The molecule has 1 aliphatic carbocycles. The molecule has 4 atom stereocenters. The lowest BCUT2D eigenvalue weighted by Crippen LogP contribution is -2.42. The van der Waals surface area contributed by atoms with Crippen molar-refractivity contribution in [1.82, 2.24) is 0 Å².